The van der Waals surface area contributed by atoms with Gasteiger partial charge < -0.3 is 5.32 Å². The van der Waals surface area contributed by atoms with Gasteiger partial charge in [-0.05, 0) is 22.3 Å². The van der Waals surface area contributed by atoms with Crippen molar-refractivity contribution >= 4 is 22.6 Å². The summed E-state index contributed by atoms with van der Waals surface area (Å²) in [5.41, 5.74) is 0.918. The van der Waals surface area contributed by atoms with Crippen LogP contribution in [-0.2, 0) is 20.8 Å². The third-order valence-corrected chi connectivity index (χ3v) is 4.01. The largest absolute Gasteiger partial charge is 0.344 e. The van der Waals surface area contributed by atoms with Crippen molar-refractivity contribution in [3.63, 3.8) is 0 Å². The number of amides is 2. The van der Waals surface area contributed by atoms with Crippen LogP contribution in [0.4, 0.5) is 0 Å². The molecule has 0 aliphatic rings. The van der Waals surface area contributed by atoms with Gasteiger partial charge >= 0.3 is 0 Å². The summed E-state index contributed by atoms with van der Waals surface area (Å²) in [5.74, 6) is -0.475. The number of carbonyl (C=O) groups is 2. The molecule has 0 radical (unpaired) electrons. The lowest BCUT2D eigenvalue weighted by molar-refractivity contribution is -0.172. The molecule has 5 heteroatoms. The minimum atomic E-state index is -0.608. The van der Waals surface area contributed by atoms with E-state index < -0.39 is 6.04 Å². The minimum Gasteiger partial charge on any atom is -0.344 e. The van der Waals surface area contributed by atoms with Crippen LogP contribution >= 0.6 is 0 Å². The summed E-state index contributed by atoms with van der Waals surface area (Å²) in [6.07, 6.45) is 0.234. The third-order valence-electron chi connectivity index (χ3n) is 4.01. The van der Waals surface area contributed by atoms with Gasteiger partial charge in [-0.2, -0.15) is 0 Å². The summed E-state index contributed by atoms with van der Waals surface area (Å²) >= 11 is 0. The number of rotatable bonds is 6. The maximum atomic E-state index is 12.4. The predicted octanol–water partition coefficient (Wildman–Crippen LogP) is 2.54. The normalized spacial score (nSPS) is 12.2. The molecule has 0 aliphatic heterocycles. The predicted molar refractivity (Wildman–Crippen MR) is 94.2 cm³/mol. The molecule has 0 aromatic heterocycles. The number of likely N-dealkylation sites (N-methyl/N-ethyl adjacent to an activating group) is 1. The standard InChI is InChI=1S/C19H24N2O3/c1-13(2)18(19(23)21(3)24-4)20-17(22)12-14-9-10-15-7-5-6-8-16(15)11-14/h5-11,13,18H,12H2,1-4H3,(H,20,22)/t18-/m1/s1. The molecule has 0 saturated heterocycles. The highest BCUT2D eigenvalue weighted by Gasteiger charge is 2.27. The fourth-order valence-electron chi connectivity index (χ4n) is 2.56. The van der Waals surface area contributed by atoms with E-state index >= 15 is 0 Å². The number of benzene rings is 2. The Morgan fingerprint density at radius 2 is 1.79 bits per heavy atom. The zero-order chi connectivity index (χ0) is 17.7. The van der Waals surface area contributed by atoms with Crippen molar-refractivity contribution in [3.05, 3.63) is 48.0 Å². The number of nitrogens with one attached hydrogen (secondary N) is 1. The fourth-order valence-corrected chi connectivity index (χ4v) is 2.56. The van der Waals surface area contributed by atoms with Crippen LogP contribution in [0.2, 0.25) is 0 Å². The molecule has 0 unspecified atom stereocenters. The van der Waals surface area contributed by atoms with Crippen molar-refractivity contribution in [2.45, 2.75) is 26.3 Å². The van der Waals surface area contributed by atoms with Gasteiger partial charge in [0.15, 0.2) is 0 Å². The van der Waals surface area contributed by atoms with Gasteiger partial charge in [-0.3, -0.25) is 14.4 Å². The van der Waals surface area contributed by atoms with E-state index in [1.165, 1.54) is 14.2 Å². The van der Waals surface area contributed by atoms with Crippen molar-refractivity contribution in [2.24, 2.45) is 5.92 Å². The molecule has 1 N–H and O–H groups in total. The number of hydrogen-bond acceptors (Lipinski definition) is 3. The molecule has 5 nitrogen and oxygen atoms in total. The second kappa shape index (κ2) is 7.93. The van der Waals surface area contributed by atoms with Gasteiger partial charge in [0.05, 0.1) is 13.5 Å². The van der Waals surface area contributed by atoms with Crippen LogP contribution in [0.25, 0.3) is 10.8 Å². The Morgan fingerprint density at radius 3 is 2.42 bits per heavy atom. The number of hydrogen-bond donors (Lipinski definition) is 1. The zero-order valence-electron chi connectivity index (χ0n) is 14.6. The molecule has 0 heterocycles. The van der Waals surface area contributed by atoms with Gasteiger partial charge in [0.25, 0.3) is 5.91 Å². The van der Waals surface area contributed by atoms with Crippen LogP contribution in [-0.4, -0.2) is 37.1 Å². The Kier molecular flexibility index (Phi) is 5.93. The Morgan fingerprint density at radius 1 is 1.12 bits per heavy atom. The molecule has 0 spiro atoms. The molecule has 2 aromatic carbocycles. The maximum Gasteiger partial charge on any atom is 0.268 e. The van der Waals surface area contributed by atoms with E-state index in [0.717, 1.165) is 21.4 Å². The summed E-state index contributed by atoms with van der Waals surface area (Å²) in [5, 5.41) is 6.19. The van der Waals surface area contributed by atoms with Crippen molar-refractivity contribution in [2.75, 3.05) is 14.2 Å². The Balaban J connectivity index is 2.08. The maximum absolute atomic E-state index is 12.4. The summed E-state index contributed by atoms with van der Waals surface area (Å²) in [7, 11) is 2.96. The van der Waals surface area contributed by atoms with Gasteiger partial charge in [0, 0.05) is 7.05 Å². The average Bonchev–Trinajstić information content (AvgIpc) is 2.58. The van der Waals surface area contributed by atoms with E-state index in [4.69, 9.17) is 4.84 Å². The zero-order valence-corrected chi connectivity index (χ0v) is 14.6. The van der Waals surface area contributed by atoms with Gasteiger partial charge in [0.1, 0.15) is 6.04 Å². The molecule has 0 aliphatic carbocycles. The highest BCUT2D eigenvalue weighted by atomic mass is 16.7. The molecule has 2 aromatic rings. The van der Waals surface area contributed by atoms with Crippen molar-refractivity contribution in [3.8, 4) is 0 Å². The summed E-state index contributed by atoms with van der Waals surface area (Å²) in [6, 6.07) is 13.3. The first kappa shape index (κ1) is 17.9. The molecular formula is C19H24N2O3. The third kappa shape index (κ3) is 4.32. The highest BCUT2D eigenvalue weighted by Crippen LogP contribution is 2.16. The van der Waals surface area contributed by atoms with E-state index in [0.29, 0.717) is 0 Å². The van der Waals surface area contributed by atoms with Crippen molar-refractivity contribution < 1.29 is 14.4 Å². The van der Waals surface area contributed by atoms with Gasteiger partial charge in [0.2, 0.25) is 5.91 Å². The molecule has 0 fully saturated rings. The summed E-state index contributed by atoms with van der Waals surface area (Å²) < 4.78 is 0. The Bertz CT molecular complexity index is 727. The first-order valence-corrected chi connectivity index (χ1v) is 8.01. The van der Waals surface area contributed by atoms with Crippen LogP contribution < -0.4 is 5.32 Å². The second-order valence-electron chi connectivity index (χ2n) is 6.17. The van der Waals surface area contributed by atoms with E-state index in [1.807, 2.05) is 56.3 Å². The molecule has 128 valence electrons. The molecule has 2 rings (SSSR count). The van der Waals surface area contributed by atoms with E-state index in [1.54, 1.807) is 0 Å². The van der Waals surface area contributed by atoms with Crippen molar-refractivity contribution in [1.82, 2.24) is 10.4 Å². The minimum absolute atomic E-state index is 0.0318. The van der Waals surface area contributed by atoms with E-state index in [2.05, 4.69) is 5.32 Å². The number of carbonyl (C=O) groups excluding carboxylic acids is 2. The number of hydroxylamine groups is 2. The molecule has 0 saturated carbocycles. The van der Waals surface area contributed by atoms with E-state index in [-0.39, 0.29) is 24.2 Å². The van der Waals surface area contributed by atoms with Gasteiger partial charge in [-0.25, -0.2) is 5.06 Å². The van der Waals surface area contributed by atoms with Crippen LogP contribution in [0.3, 0.4) is 0 Å². The van der Waals surface area contributed by atoms with E-state index in [9.17, 15) is 9.59 Å². The molecule has 2 amide bonds. The summed E-state index contributed by atoms with van der Waals surface area (Å²) in [6.45, 7) is 3.78. The first-order chi connectivity index (χ1) is 11.4. The summed E-state index contributed by atoms with van der Waals surface area (Å²) in [4.78, 5) is 29.5. The van der Waals surface area contributed by atoms with Crippen molar-refractivity contribution in [1.29, 1.82) is 0 Å². The fraction of sp³-hybridized carbons (Fsp3) is 0.368. The lowest BCUT2D eigenvalue weighted by Crippen LogP contribution is -2.50. The molecular weight excluding hydrogens is 304 g/mol. The van der Waals surface area contributed by atoms with Crippen LogP contribution in [0, 0.1) is 5.92 Å². The molecule has 1 atom stereocenters. The highest BCUT2D eigenvalue weighted by molar-refractivity contribution is 5.89. The topological polar surface area (TPSA) is 58.6 Å². The SMILES string of the molecule is CON(C)C(=O)[C@H](NC(=O)Cc1ccc2ccccc2c1)C(C)C. The Hall–Kier alpha value is -2.40. The average molecular weight is 328 g/mol. The first-order valence-electron chi connectivity index (χ1n) is 8.01. The quantitative estimate of drug-likeness (QED) is 0.829. The molecule has 0 bridgehead atoms. The van der Waals surface area contributed by atoms with Crippen LogP contribution in [0.5, 0.6) is 0 Å². The number of fused-ring (bicyclic) bond motifs is 1. The second-order valence-corrected chi connectivity index (χ2v) is 6.17. The monoisotopic (exact) mass is 328 g/mol. The van der Waals surface area contributed by atoms with Crippen LogP contribution in [0.15, 0.2) is 42.5 Å². The lowest BCUT2D eigenvalue weighted by Gasteiger charge is -2.25. The molecule has 24 heavy (non-hydrogen) atoms. The number of nitrogens with zero attached hydrogens (tertiary/aromatic N) is 1. The smallest absolute Gasteiger partial charge is 0.268 e. The lowest BCUT2D eigenvalue weighted by atomic mass is 10.0. The van der Waals surface area contributed by atoms with Gasteiger partial charge in [-0.1, -0.05) is 56.3 Å². The van der Waals surface area contributed by atoms with Gasteiger partial charge in [-0.15, -0.1) is 0 Å². The Labute approximate surface area is 142 Å². The van der Waals surface area contributed by atoms with Crippen LogP contribution in [0.1, 0.15) is 19.4 Å².